The third kappa shape index (κ3) is 4.22. The van der Waals surface area contributed by atoms with Gasteiger partial charge in [-0.05, 0) is 56.2 Å². The number of hydrogen-bond donors (Lipinski definition) is 1. The molecule has 1 aromatic carbocycles. The van der Waals surface area contributed by atoms with E-state index in [2.05, 4.69) is 39.4 Å². The number of rotatable bonds is 6. The van der Waals surface area contributed by atoms with Crippen LogP contribution in [-0.4, -0.2) is 43.5 Å². The second-order valence-corrected chi connectivity index (χ2v) is 9.78. The van der Waals surface area contributed by atoms with E-state index in [1.165, 1.54) is 18.5 Å². The maximum Gasteiger partial charge on any atom is 0.219 e. The van der Waals surface area contributed by atoms with Crippen LogP contribution < -0.4 is 5.32 Å². The molecule has 178 valence electrons. The number of fused-ring (bicyclic) bond motifs is 1. The second-order valence-electron chi connectivity index (χ2n) is 9.78. The van der Waals surface area contributed by atoms with Crippen LogP contribution >= 0.6 is 0 Å². The molecule has 3 aliphatic rings. The average Bonchev–Trinajstić information content (AvgIpc) is 3.43. The number of aromatic nitrogens is 4. The fourth-order valence-corrected chi connectivity index (χ4v) is 5.14. The normalized spacial score (nSPS) is 20.3. The van der Waals surface area contributed by atoms with Crippen LogP contribution in [0.1, 0.15) is 56.5 Å². The van der Waals surface area contributed by atoms with Gasteiger partial charge in [0.05, 0.1) is 12.2 Å². The van der Waals surface area contributed by atoms with E-state index in [0.29, 0.717) is 6.54 Å². The van der Waals surface area contributed by atoms with Gasteiger partial charge in [-0.15, -0.1) is 0 Å². The number of nitrogens with zero attached hydrogens (tertiary/aromatic N) is 5. The SMILES string of the molecule is CC(=O)N1CCc2c(c(Nc3cccc(-c4ccnn4C4CCCCO4)c3)nn2CC2CC2)C1. The van der Waals surface area contributed by atoms with Crippen LogP contribution in [0.4, 0.5) is 11.5 Å². The monoisotopic (exact) mass is 460 g/mol. The Hall–Kier alpha value is -3.13. The Balaban J connectivity index is 1.29. The molecule has 0 radical (unpaired) electrons. The molecule has 2 aromatic heterocycles. The number of amides is 1. The van der Waals surface area contributed by atoms with Gasteiger partial charge in [0.15, 0.2) is 12.0 Å². The quantitative estimate of drug-likeness (QED) is 0.586. The van der Waals surface area contributed by atoms with Crippen molar-refractivity contribution in [2.75, 3.05) is 18.5 Å². The topological polar surface area (TPSA) is 77.2 Å². The Morgan fingerprint density at radius 2 is 2.12 bits per heavy atom. The predicted molar refractivity (Wildman–Crippen MR) is 130 cm³/mol. The van der Waals surface area contributed by atoms with Crippen molar-refractivity contribution in [3.8, 4) is 11.3 Å². The van der Waals surface area contributed by atoms with Crippen LogP contribution in [0, 0.1) is 5.92 Å². The van der Waals surface area contributed by atoms with Crippen molar-refractivity contribution in [2.24, 2.45) is 5.92 Å². The first kappa shape index (κ1) is 21.4. The Bertz CT molecular complexity index is 1190. The fourth-order valence-electron chi connectivity index (χ4n) is 5.14. The summed E-state index contributed by atoms with van der Waals surface area (Å²) in [5.74, 6) is 1.72. The van der Waals surface area contributed by atoms with E-state index in [-0.39, 0.29) is 12.1 Å². The standard InChI is InChI=1S/C26H32N6O2/c1-18(33)30-13-11-24-22(17-30)26(29-31(24)16-19-8-9-19)28-21-6-4-5-20(15-21)23-10-12-27-32(23)25-7-2-3-14-34-25/h4-6,10,12,15,19,25H,2-3,7-9,11,13-14,16-17H2,1H3,(H,28,29). The summed E-state index contributed by atoms with van der Waals surface area (Å²) in [6.45, 7) is 4.79. The van der Waals surface area contributed by atoms with Crippen LogP contribution in [0.5, 0.6) is 0 Å². The minimum Gasteiger partial charge on any atom is -0.356 e. The zero-order valence-electron chi connectivity index (χ0n) is 19.7. The molecule has 1 saturated heterocycles. The molecule has 34 heavy (non-hydrogen) atoms. The molecule has 0 spiro atoms. The first-order valence-corrected chi connectivity index (χ1v) is 12.5. The lowest BCUT2D eigenvalue weighted by molar-refractivity contribution is -0.129. The molecule has 1 N–H and O–H groups in total. The molecule has 0 bridgehead atoms. The predicted octanol–water partition coefficient (Wildman–Crippen LogP) is 4.50. The van der Waals surface area contributed by atoms with Crippen LogP contribution in [0.15, 0.2) is 36.5 Å². The largest absolute Gasteiger partial charge is 0.356 e. The summed E-state index contributed by atoms with van der Waals surface area (Å²) in [5, 5.41) is 13.1. The highest BCUT2D eigenvalue weighted by Crippen LogP contribution is 2.35. The third-order valence-corrected chi connectivity index (χ3v) is 7.23. The molecule has 8 heteroatoms. The maximum atomic E-state index is 12.1. The number of ether oxygens (including phenoxy) is 1. The molecule has 1 amide bonds. The van der Waals surface area contributed by atoms with Crippen LogP contribution in [0.3, 0.4) is 0 Å². The molecule has 3 aromatic rings. The van der Waals surface area contributed by atoms with Gasteiger partial charge in [-0.2, -0.15) is 10.2 Å². The first-order valence-electron chi connectivity index (χ1n) is 12.5. The molecule has 2 fully saturated rings. The summed E-state index contributed by atoms with van der Waals surface area (Å²) < 4.78 is 10.2. The summed E-state index contributed by atoms with van der Waals surface area (Å²) >= 11 is 0. The summed E-state index contributed by atoms with van der Waals surface area (Å²) in [4.78, 5) is 14.0. The van der Waals surface area contributed by atoms with Gasteiger partial charge in [0, 0.05) is 61.7 Å². The number of hydrogen-bond acceptors (Lipinski definition) is 5. The van der Waals surface area contributed by atoms with Crippen molar-refractivity contribution < 1.29 is 9.53 Å². The average molecular weight is 461 g/mol. The lowest BCUT2D eigenvalue weighted by Gasteiger charge is -2.27. The highest BCUT2D eigenvalue weighted by molar-refractivity contribution is 5.74. The van der Waals surface area contributed by atoms with Crippen molar-refractivity contribution in [2.45, 2.75) is 64.8 Å². The summed E-state index contributed by atoms with van der Waals surface area (Å²) in [7, 11) is 0. The highest BCUT2D eigenvalue weighted by Gasteiger charge is 2.29. The van der Waals surface area contributed by atoms with Gasteiger partial charge >= 0.3 is 0 Å². The van der Waals surface area contributed by atoms with Crippen LogP contribution in [-0.2, 0) is 29.0 Å². The smallest absolute Gasteiger partial charge is 0.219 e. The molecule has 6 rings (SSSR count). The number of benzene rings is 1. The van der Waals surface area contributed by atoms with Crippen molar-refractivity contribution in [1.82, 2.24) is 24.5 Å². The van der Waals surface area contributed by atoms with Gasteiger partial charge < -0.3 is 15.0 Å². The molecule has 1 atom stereocenters. The number of anilines is 2. The Morgan fingerprint density at radius 3 is 2.91 bits per heavy atom. The van der Waals surface area contributed by atoms with E-state index < -0.39 is 0 Å². The zero-order chi connectivity index (χ0) is 23.1. The summed E-state index contributed by atoms with van der Waals surface area (Å²) in [6.07, 6.45) is 8.55. The van der Waals surface area contributed by atoms with E-state index in [4.69, 9.17) is 9.84 Å². The van der Waals surface area contributed by atoms with E-state index in [0.717, 1.165) is 79.6 Å². The number of carbonyl (C=O) groups excluding carboxylic acids is 1. The lowest BCUT2D eigenvalue weighted by atomic mass is 10.1. The molecule has 1 unspecified atom stereocenters. The van der Waals surface area contributed by atoms with Gasteiger partial charge in [0.25, 0.3) is 0 Å². The van der Waals surface area contributed by atoms with Crippen molar-refractivity contribution in [1.29, 1.82) is 0 Å². The molecule has 1 aliphatic carbocycles. The molecule has 2 aliphatic heterocycles. The van der Waals surface area contributed by atoms with E-state index >= 15 is 0 Å². The zero-order valence-corrected chi connectivity index (χ0v) is 19.7. The van der Waals surface area contributed by atoms with Gasteiger partial charge in [-0.3, -0.25) is 9.48 Å². The highest BCUT2D eigenvalue weighted by atomic mass is 16.5. The van der Waals surface area contributed by atoms with E-state index in [1.54, 1.807) is 6.92 Å². The fraction of sp³-hybridized carbons (Fsp3) is 0.500. The van der Waals surface area contributed by atoms with Gasteiger partial charge in [-0.1, -0.05) is 12.1 Å². The summed E-state index contributed by atoms with van der Waals surface area (Å²) in [6, 6.07) is 10.4. The third-order valence-electron chi connectivity index (χ3n) is 7.23. The van der Waals surface area contributed by atoms with E-state index in [9.17, 15) is 4.79 Å². The number of nitrogens with one attached hydrogen (secondary N) is 1. The number of carbonyl (C=O) groups is 1. The van der Waals surface area contributed by atoms with Crippen LogP contribution in [0.25, 0.3) is 11.3 Å². The van der Waals surface area contributed by atoms with Crippen molar-refractivity contribution in [3.63, 3.8) is 0 Å². The molecular weight excluding hydrogens is 428 g/mol. The minimum atomic E-state index is -0.00179. The van der Waals surface area contributed by atoms with Gasteiger partial charge in [0.2, 0.25) is 5.91 Å². The molecule has 4 heterocycles. The second kappa shape index (κ2) is 8.91. The Kier molecular flexibility index (Phi) is 5.61. The molecular formula is C26H32N6O2. The Labute approximate surface area is 199 Å². The lowest BCUT2D eigenvalue weighted by Crippen LogP contribution is -2.34. The molecule has 1 saturated carbocycles. The van der Waals surface area contributed by atoms with Crippen LogP contribution in [0.2, 0.25) is 0 Å². The van der Waals surface area contributed by atoms with Crippen molar-refractivity contribution >= 4 is 17.4 Å². The minimum absolute atomic E-state index is 0.00179. The van der Waals surface area contributed by atoms with Gasteiger partial charge in [0.1, 0.15) is 0 Å². The summed E-state index contributed by atoms with van der Waals surface area (Å²) in [5.41, 5.74) is 5.55. The Morgan fingerprint density at radius 1 is 1.21 bits per heavy atom. The first-order chi connectivity index (χ1) is 16.7. The maximum absolute atomic E-state index is 12.1. The van der Waals surface area contributed by atoms with Crippen molar-refractivity contribution in [3.05, 3.63) is 47.8 Å². The van der Waals surface area contributed by atoms with Gasteiger partial charge in [-0.25, -0.2) is 4.68 Å². The molecule has 8 nitrogen and oxygen atoms in total. The van der Waals surface area contributed by atoms with E-state index in [1.807, 2.05) is 21.8 Å².